The van der Waals surface area contributed by atoms with Crippen molar-refractivity contribution in [3.8, 4) is 0 Å². The van der Waals surface area contributed by atoms with Gasteiger partial charge in [-0.25, -0.2) is 0 Å². The number of carbonyl (C=O) groups excluding carboxylic acids is 2. The van der Waals surface area contributed by atoms with Gasteiger partial charge in [0.05, 0.1) is 0 Å². The first-order valence-corrected chi connectivity index (χ1v) is 8.55. The summed E-state index contributed by atoms with van der Waals surface area (Å²) in [5.74, 6) is -0.340. The fourth-order valence-electron chi connectivity index (χ4n) is 3.63. The van der Waals surface area contributed by atoms with E-state index in [9.17, 15) is 9.59 Å². The van der Waals surface area contributed by atoms with Gasteiger partial charge in [0, 0.05) is 18.4 Å². The van der Waals surface area contributed by atoms with Crippen LogP contribution >= 0.6 is 0 Å². The molecule has 5 heteroatoms. The number of ether oxygens (including phenoxy) is 2. The van der Waals surface area contributed by atoms with E-state index in [0.29, 0.717) is 5.90 Å². The zero-order chi connectivity index (χ0) is 17.2. The molecule has 2 aliphatic rings. The monoisotopic (exact) mass is 329 g/mol. The van der Waals surface area contributed by atoms with Crippen molar-refractivity contribution in [1.82, 2.24) is 0 Å². The average Bonchev–Trinajstić information content (AvgIpc) is 2.90. The second-order valence-corrected chi connectivity index (χ2v) is 6.73. The normalized spacial score (nSPS) is 25.8. The highest BCUT2D eigenvalue weighted by Gasteiger charge is 2.53. The van der Waals surface area contributed by atoms with E-state index in [-0.39, 0.29) is 11.8 Å². The Morgan fingerprint density at radius 1 is 1.25 bits per heavy atom. The van der Waals surface area contributed by atoms with Crippen molar-refractivity contribution in [1.29, 1.82) is 0 Å². The highest BCUT2D eigenvalue weighted by atomic mass is 16.6. The Bertz CT molecular complexity index is 649. The van der Waals surface area contributed by atoms with Gasteiger partial charge in [-0.1, -0.05) is 37.5 Å². The van der Waals surface area contributed by atoms with Gasteiger partial charge in [0.15, 0.2) is 6.10 Å². The lowest BCUT2D eigenvalue weighted by molar-refractivity contribution is -0.170. The van der Waals surface area contributed by atoms with Crippen LogP contribution in [0.3, 0.4) is 0 Å². The molecule has 0 bridgehead atoms. The first-order valence-electron chi connectivity index (χ1n) is 8.55. The summed E-state index contributed by atoms with van der Waals surface area (Å²) in [6, 6.07) is 9.32. The van der Waals surface area contributed by atoms with E-state index in [1.165, 1.54) is 13.3 Å². The van der Waals surface area contributed by atoms with Crippen LogP contribution in [0.25, 0.3) is 0 Å². The van der Waals surface area contributed by atoms with Crippen molar-refractivity contribution in [2.45, 2.75) is 57.7 Å². The second kappa shape index (κ2) is 6.75. The number of nitrogens with zero attached hydrogens (tertiary/aromatic N) is 1. The van der Waals surface area contributed by atoms with Crippen LogP contribution in [0.5, 0.6) is 0 Å². The SMILES string of the molecule is CC(=O)O[C@@H](C1CCCCC1)[C@]1(C)OC(c2ccccc2)=NC1=O. The van der Waals surface area contributed by atoms with E-state index in [4.69, 9.17) is 9.47 Å². The van der Waals surface area contributed by atoms with Crippen LogP contribution < -0.4 is 0 Å². The largest absolute Gasteiger partial charge is 0.457 e. The second-order valence-electron chi connectivity index (χ2n) is 6.73. The lowest BCUT2D eigenvalue weighted by Crippen LogP contribution is -2.52. The van der Waals surface area contributed by atoms with Crippen LogP contribution in [0.15, 0.2) is 35.3 Å². The molecule has 24 heavy (non-hydrogen) atoms. The predicted octanol–water partition coefficient (Wildman–Crippen LogP) is 3.26. The molecule has 0 unspecified atom stereocenters. The molecule has 1 heterocycles. The van der Waals surface area contributed by atoms with Crippen molar-refractivity contribution in [3.63, 3.8) is 0 Å². The van der Waals surface area contributed by atoms with Crippen LogP contribution in [0, 0.1) is 5.92 Å². The molecule has 5 nitrogen and oxygen atoms in total. The maximum absolute atomic E-state index is 12.6. The van der Waals surface area contributed by atoms with Crippen LogP contribution in [0.1, 0.15) is 51.5 Å². The third kappa shape index (κ3) is 3.21. The van der Waals surface area contributed by atoms with Gasteiger partial charge in [0.1, 0.15) is 0 Å². The lowest BCUT2D eigenvalue weighted by Gasteiger charge is -2.37. The molecule has 0 spiro atoms. The van der Waals surface area contributed by atoms with Crippen LogP contribution in [0.4, 0.5) is 0 Å². The van der Waals surface area contributed by atoms with E-state index in [0.717, 1.165) is 31.2 Å². The molecular weight excluding hydrogens is 306 g/mol. The summed E-state index contributed by atoms with van der Waals surface area (Å²) >= 11 is 0. The molecule has 0 aromatic heterocycles. The predicted molar refractivity (Wildman–Crippen MR) is 89.6 cm³/mol. The maximum atomic E-state index is 12.6. The molecule has 0 radical (unpaired) electrons. The maximum Gasteiger partial charge on any atom is 0.303 e. The zero-order valence-corrected chi connectivity index (χ0v) is 14.2. The molecule has 1 saturated carbocycles. The minimum atomic E-state index is -1.25. The van der Waals surface area contributed by atoms with Crippen molar-refractivity contribution in [2.24, 2.45) is 10.9 Å². The molecule has 1 aromatic rings. The number of benzene rings is 1. The summed E-state index contributed by atoms with van der Waals surface area (Å²) in [7, 11) is 0. The molecule has 128 valence electrons. The average molecular weight is 329 g/mol. The summed E-state index contributed by atoms with van der Waals surface area (Å²) in [6.45, 7) is 3.06. The Hall–Kier alpha value is -2.17. The van der Waals surface area contributed by atoms with Gasteiger partial charge in [-0.3, -0.25) is 9.59 Å². The van der Waals surface area contributed by atoms with Crippen molar-refractivity contribution >= 4 is 17.8 Å². The van der Waals surface area contributed by atoms with Crippen molar-refractivity contribution in [3.05, 3.63) is 35.9 Å². The fourth-order valence-corrected chi connectivity index (χ4v) is 3.63. The van der Waals surface area contributed by atoms with Crippen LogP contribution in [0.2, 0.25) is 0 Å². The first-order chi connectivity index (χ1) is 11.5. The Kier molecular flexibility index (Phi) is 4.69. The standard InChI is InChI=1S/C19H23NO4/c1-13(21)23-16(14-9-5-3-6-10-14)19(2)18(22)20-17(24-19)15-11-7-4-8-12-15/h4,7-8,11-12,14,16H,3,5-6,9-10H2,1-2H3/t16-,19-/m0/s1. The number of aliphatic imine (C=N–C) groups is 1. The van der Waals surface area contributed by atoms with Crippen LogP contribution in [-0.4, -0.2) is 29.5 Å². The highest BCUT2D eigenvalue weighted by molar-refractivity contribution is 6.09. The quantitative estimate of drug-likeness (QED) is 0.795. The van der Waals surface area contributed by atoms with Crippen molar-refractivity contribution in [2.75, 3.05) is 0 Å². The van der Waals surface area contributed by atoms with Gasteiger partial charge in [-0.2, -0.15) is 4.99 Å². The Morgan fingerprint density at radius 3 is 2.54 bits per heavy atom. The third-order valence-corrected chi connectivity index (χ3v) is 4.87. The topological polar surface area (TPSA) is 65.0 Å². The van der Waals surface area contributed by atoms with Crippen molar-refractivity contribution < 1.29 is 19.1 Å². The van der Waals surface area contributed by atoms with Gasteiger partial charge in [-0.05, 0) is 31.9 Å². The van der Waals surface area contributed by atoms with Gasteiger partial charge < -0.3 is 9.47 Å². The molecule has 1 amide bonds. The number of hydrogen-bond donors (Lipinski definition) is 0. The van der Waals surface area contributed by atoms with E-state index in [2.05, 4.69) is 4.99 Å². The number of carbonyl (C=O) groups is 2. The van der Waals surface area contributed by atoms with E-state index < -0.39 is 17.7 Å². The Labute approximate surface area is 142 Å². The van der Waals surface area contributed by atoms with Gasteiger partial charge in [0.25, 0.3) is 5.91 Å². The summed E-state index contributed by atoms with van der Waals surface area (Å²) in [5, 5.41) is 0. The molecular formula is C19H23NO4. The number of amides is 1. The highest BCUT2D eigenvalue weighted by Crippen LogP contribution is 2.38. The summed E-state index contributed by atoms with van der Waals surface area (Å²) < 4.78 is 11.6. The molecule has 1 aliphatic carbocycles. The minimum absolute atomic E-state index is 0.127. The molecule has 1 aromatic carbocycles. The van der Waals surface area contributed by atoms with Gasteiger partial charge in [-0.15, -0.1) is 0 Å². The molecule has 2 atom stereocenters. The molecule has 0 N–H and O–H groups in total. The molecule has 1 aliphatic heterocycles. The Morgan fingerprint density at radius 2 is 1.92 bits per heavy atom. The molecule has 3 rings (SSSR count). The van der Waals surface area contributed by atoms with Gasteiger partial charge in [0.2, 0.25) is 11.5 Å². The summed E-state index contributed by atoms with van der Waals surface area (Å²) in [4.78, 5) is 28.4. The summed E-state index contributed by atoms with van der Waals surface area (Å²) in [6.07, 6.45) is 4.61. The summed E-state index contributed by atoms with van der Waals surface area (Å²) in [5.41, 5.74) is -0.501. The number of rotatable bonds is 4. The number of hydrogen-bond acceptors (Lipinski definition) is 4. The fraction of sp³-hybridized carbons (Fsp3) is 0.526. The Balaban J connectivity index is 1.86. The van der Waals surface area contributed by atoms with E-state index >= 15 is 0 Å². The molecule has 0 saturated heterocycles. The van der Waals surface area contributed by atoms with E-state index in [1.807, 2.05) is 30.3 Å². The lowest BCUT2D eigenvalue weighted by atomic mass is 9.78. The van der Waals surface area contributed by atoms with E-state index in [1.54, 1.807) is 6.92 Å². The van der Waals surface area contributed by atoms with Gasteiger partial charge >= 0.3 is 5.97 Å². The van der Waals surface area contributed by atoms with Crippen LogP contribution in [-0.2, 0) is 19.1 Å². The zero-order valence-electron chi connectivity index (χ0n) is 14.2. The first kappa shape index (κ1) is 16.7. The third-order valence-electron chi connectivity index (χ3n) is 4.87. The molecule has 1 fully saturated rings. The smallest absolute Gasteiger partial charge is 0.303 e. The number of esters is 1. The minimum Gasteiger partial charge on any atom is -0.457 e.